The predicted octanol–water partition coefficient (Wildman–Crippen LogP) is 3.26. The highest BCUT2D eigenvalue weighted by atomic mass is 32.1. The molecule has 0 aromatic heterocycles. The van der Waals surface area contributed by atoms with E-state index in [0.29, 0.717) is 17.0 Å². The molecule has 0 atom stereocenters. The van der Waals surface area contributed by atoms with E-state index in [1.807, 2.05) is 42.5 Å². The Labute approximate surface area is 124 Å². The lowest BCUT2D eigenvalue weighted by Gasteiger charge is -2.18. The molecule has 0 saturated heterocycles. The first-order chi connectivity index (χ1) is 9.61. The zero-order chi connectivity index (χ0) is 14.5. The molecular formula is C16H17NO2S. The van der Waals surface area contributed by atoms with Gasteiger partial charge in [0.1, 0.15) is 5.75 Å². The van der Waals surface area contributed by atoms with Crippen molar-refractivity contribution in [2.75, 3.05) is 14.2 Å². The second kappa shape index (κ2) is 6.48. The van der Waals surface area contributed by atoms with Crippen molar-refractivity contribution in [1.82, 2.24) is 4.90 Å². The van der Waals surface area contributed by atoms with Crippen LogP contribution in [0.1, 0.15) is 15.9 Å². The Hall–Kier alpha value is -1.94. The zero-order valence-electron chi connectivity index (χ0n) is 11.5. The molecule has 1 amide bonds. The highest BCUT2D eigenvalue weighted by Gasteiger charge is 2.14. The Morgan fingerprint density at radius 3 is 2.65 bits per heavy atom. The average molecular weight is 287 g/mol. The van der Waals surface area contributed by atoms with Gasteiger partial charge in [-0.25, -0.2) is 0 Å². The quantitative estimate of drug-likeness (QED) is 0.875. The highest BCUT2D eigenvalue weighted by Crippen LogP contribution is 2.18. The Morgan fingerprint density at radius 1 is 1.20 bits per heavy atom. The summed E-state index contributed by atoms with van der Waals surface area (Å²) in [5.41, 5.74) is 1.64. The Bertz CT molecular complexity index is 613. The van der Waals surface area contributed by atoms with Crippen LogP contribution in [0.5, 0.6) is 5.75 Å². The van der Waals surface area contributed by atoms with Crippen LogP contribution in [0.4, 0.5) is 0 Å². The predicted molar refractivity (Wildman–Crippen MR) is 82.5 cm³/mol. The van der Waals surface area contributed by atoms with Gasteiger partial charge in [-0.1, -0.05) is 24.3 Å². The second-order valence-corrected chi connectivity index (χ2v) is 5.01. The van der Waals surface area contributed by atoms with E-state index in [4.69, 9.17) is 4.74 Å². The van der Waals surface area contributed by atoms with Crippen molar-refractivity contribution in [3.63, 3.8) is 0 Å². The minimum Gasteiger partial charge on any atom is -0.497 e. The molecule has 20 heavy (non-hydrogen) atoms. The third kappa shape index (κ3) is 3.33. The van der Waals surface area contributed by atoms with Gasteiger partial charge in [-0.2, -0.15) is 0 Å². The molecule has 2 aromatic rings. The van der Waals surface area contributed by atoms with Gasteiger partial charge >= 0.3 is 0 Å². The maximum atomic E-state index is 12.4. The molecule has 0 aliphatic rings. The normalized spacial score (nSPS) is 10.2. The van der Waals surface area contributed by atoms with Crippen molar-refractivity contribution in [3.8, 4) is 5.75 Å². The molecule has 0 heterocycles. The van der Waals surface area contributed by atoms with E-state index in [-0.39, 0.29) is 5.91 Å². The molecule has 4 heteroatoms. The van der Waals surface area contributed by atoms with Crippen LogP contribution < -0.4 is 4.74 Å². The number of amides is 1. The van der Waals surface area contributed by atoms with Gasteiger partial charge in [0.15, 0.2) is 0 Å². The first-order valence-corrected chi connectivity index (χ1v) is 6.73. The third-order valence-corrected chi connectivity index (χ3v) is 3.43. The molecule has 2 aromatic carbocycles. The molecule has 3 nitrogen and oxygen atoms in total. The summed E-state index contributed by atoms with van der Waals surface area (Å²) in [6, 6.07) is 15.0. The Morgan fingerprint density at radius 2 is 1.95 bits per heavy atom. The van der Waals surface area contributed by atoms with Crippen molar-refractivity contribution in [2.45, 2.75) is 11.4 Å². The SMILES string of the molecule is COc1cccc(CN(C)C(=O)c2ccccc2S)c1. The molecule has 0 aliphatic carbocycles. The minimum absolute atomic E-state index is 0.0431. The van der Waals surface area contributed by atoms with E-state index in [2.05, 4.69) is 12.6 Å². The summed E-state index contributed by atoms with van der Waals surface area (Å²) in [6.45, 7) is 0.526. The van der Waals surface area contributed by atoms with Crippen molar-refractivity contribution < 1.29 is 9.53 Å². The highest BCUT2D eigenvalue weighted by molar-refractivity contribution is 7.80. The van der Waals surface area contributed by atoms with Crippen LogP contribution in [-0.2, 0) is 6.54 Å². The average Bonchev–Trinajstić information content (AvgIpc) is 2.47. The fourth-order valence-corrected chi connectivity index (χ4v) is 2.23. The largest absolute Gasteiger partial charge is 0.497 e. The summed E-state index contributed by atoms with van der Waals surface area (Å²) in [6.07, 6.45) is 0. The number of methoxy groups -OCH3 is 1. The van der Waals surface area contributed by atoms with Gasteiger partial charge in [0.25, 0.3) is 5.91 Å². The van der Waals surface area contributed by atoms with Crippen LogP contribution in [0, 0.1) is 0 Å². The number of carbonyl (C=O) groups is 1. The summed E-state index contributed by atoms with van der Waals surface area (Å²) in [7, 11) is 3.41. The maximum Gasteiger partial charge on any atom is 0.255 e. The molecule has 0 N–H and O–H groups in total. The Kier molecular flexibility index (Phi) is 4.69. The monoisotopic (exact) mass is 287 g/mol. The topological polar surface area (TPSA) is 29.5 Å². The first kappa shape index (κ1) is 14.5. The summed E-state index contributed by atoms with van der Waals surface area (Å²) in [4.78, 5) is 14.7. The van der Waals surface area contributed by atoms with E-state index < -0.39 is 0 Å². The molecule has 0 radical (unpaired) electrons. The first-order valence-electron chi connectivity index (χ1n) is 6.28. The van der Waals surface area contributed by atoms with Crippen LogP contribution in [0.3, 0.4) is 0 Å². The van der Waals surface area contributed by atoms with Crippen molar-refractivity contribution in [3.05, 3.63) is 59.7 Å². The number of hydrogen-bond acceptors (Lipinski definition) is 3. The molecule has 0 bridgehead atoms. The number of ether oxygens (including phenoxy) is 1. The summed E-state index contributed by atoms with van der Waals surface area (Å²) in [5, 5.41) is 0. The Balaban J connectivity index is 2.13. The number of rotatable bonds is 4. The van der Waals surface area contributed by atoms with Gasteiger partial charge in [0.05, 0.1) is 12.7 Å². The van der Waals surface area contributed by atoms with E-state index in [9.17, 15) is 4.79 Å². The maximum absolute atomic E-state index is 12.4. The van der Waals surface area contributed by atoms with Gasteiger partial charge in [-0.3, -0.25) is 4.79 Å². The molecule has 2 rings (SSSR count). The lowest BCUT2D eigenvalue weighted by molar-refractivity contribution is 0.0781. The molecule has 0 fully saturated rings. The molecule has 0 unspecified atom stereocenters. The van der Waals surface area contributed by atoms with Crippen LogP contribution in [0.25, 0.3) is 0 Å². The molecule has 0 spiro atoms. The fourth-order valence-electron chi connectivity index (χ4n) is 1.98. The third-order valence-electron chi connectivity index (χ3n) is 3.04. The van der Waals surface area contributed by atoms with Crippen molar-refractivity contribution in [1.29, 1.82) is 0 Å². The van der Waals surface area contributed by atoms with E-state index >= 15 is 0 Å². The number of hydrogen-bond donors (Lipinski definition) is 1. The van der Waals surface area contributed by atoms with Gasteiger partial charge in [-0.15, -0.1) is 12.6 Å². The van der Waals surface area contributed by atoms with Crippen molar-refractivity contribution >= 4 is 18.5 Å². The zero-order valence-corrected chi connectivity index (χ0v) is 12.4. The van der Waals surface area contributed by atoms with Crippen LogP contribution >= 0.6 is 12.6 Å². The minimum atomic E-state index is -0.0431. The lowest BCUT2D eigenvalue weighted by atomic mass is 10.1. The molecule has 104 valence electrons. The summed E-state index contributed by atoms with van der Waals surface area (Å²) < 4.78 is 5.18. The second-order valence-electron chi connectivity index (χ2n) is 4.53. The number of benzene rings is 2. The number of carbonyl (C=O) groups excluding carboxylic acids is 1. The van der Waals surface area contributed by atoms with Gasteiger partial charge in [-0.05, 0) is 29.8 Å². The molecular weight excluding hydrogens is 270 g/mol. The standard InChI is InChI=1S/C16H17NO2S/c1-17(11-12-6-5-7-13(10-12)19-2)16(18)14-8-3-4-9-15(14)20/h3-10,20H,11H2,1-2H3. The number of nitrogens with zero attached hydrogens (tertiary/aromatic N) is 1. The van der Waals surface area contributed by atoms with Gasteiger partial charge in [0.2, 0.25) is 0 Å². The van der Waals surface area contributed by atoms with Gasteiger partial charge in [0, 0.05) is 18.5 Å². The fraction of sp³-hybridized carbons (Fsp3) is 0.188. The molecule has 0 aliphatic heterocycles. The van der Waals surface area contributed by atoms with E-state index in [1.54, 1.807) is 25.1 Å². The smallest absolute Gasteiger partial charge is 0.255 e. The van der Waals surface area contributed by atoms with Crippen LogP contribution in [-0.4, -0.2) is 25.0 Å². The van der Waals surface area contributed by atoms with Crippen molar-refractivity contribution in [2.24, 2.45) is 0 Å². The van der Waals surface area contributed by atoms with Crippen LogP contribution in [0.15, 0.2) is 53.4 Å². The lowest BCUT2D eigenvalue weighted by Crippen LogP contribution is -2.26. The van der Waals surface area contributed by atoms with E-state index in [1.165, 1.54) is 0 Å². The van der Waals surface area contributed by atoms with Crippen LogP contribution in [0.2, 0.25) is 0 Å². The number of thiol groups is 1. The van der Waals surface area contributed by atoms with E-state index in [0.717, 1.165) is 11.3 Å². The van der Waals surface area contributed by atoms with Gasteiger partial charge < -0.3 is 9.64 Å². The summed E-state index contributed by atoms with van der Waals surface area (Å²) in [5.74, 6) is 0.747. The molecule has 0 saturated carbocycles. The summed E-state index contributed by atoms with van der Waals surface area (Å²) >= 11 is 4.32.